The average Bonchev–Trinajstić information content (AvgIpc) is 2.64. The Bertz CT molecular complexity index is 858. The van der Waals surface area contributed by atoms with Gasteiger partial charge in [-0.25, -0.2) is 4.99 Å². The van der Waals surface area contributed by atoms with Crippen LogP contribution in [0.25, 0.3) is 10.8 Å². The average molecular weight is 368 g/mol. The van der Waals surface area contributed by atoms with Gasteiger partial charge in [-0.2, -0.15) is 0 Å². The van der Waals surface area contributed by atoms with Crippen molar-refractivity contribution in [3.63, 3.8) is 0 Å². The number of thioether (sulfide) groups is 1. The number of hydrogen-bond donors (Lipinski definition) is 2. The molecule has 1 heterocycles. The van der Waals surface area contributed by atoms with Crippen LogP contribution in [-0.4, -0.2) is 22.9 Å². The third-order valence-electron chi connectivity index (χ3n) is 5.74. The predicted octanol–water partition coefficient (Wildman–Crippen LogP) is 4.93. The normalized spacial score (nSPS) is 24.7. The molecule has 2 aliphatic rings. The third kappa shape index (κ3) is 3.45. The molecule has 26 heavy (non-hydrogen) atoms. The Hall–Kier alpha value is -2.01. The summed E-state index contributed by atoms with van der Waals surface area (Å²) < 4.78 is 0. The second kappa shape index (κ2) is 7.31. The van der Waals surface area contributed by atoms with Crippen molar-refractivity contribution in [2.75, 3.05) is 11.1 Å². The lowest BCUT2D eigenvalue weighted by Crippen LogP contribution is -2.44. The number of anilines is 1. The molecule has 0 saturated heterocycles. The minimum atomic E-state index is 0.0996. The van der Waals surface area contributed by atoms with Crippen LogP contribution in [-0.2, 0) is 4.79 Å². The lowest BCUT2D eigenvalue weighted by atomic mass is 9.78. The van der Waals surface area contributed by atoms with Gasteiger partial charge in [-0.3, -0.25) is 4.79 Å². The Kier molecular flexibility index (Phi) is 4.90. The van der Waals surface area contributed by atoms with Gasteiger partial charge in [0.1, 0.15) is 0 Å². The second-order valence-electron chi connectivity index (χ2n) is 7.45. The van der Waals surface area contributed by atoms with E-state index in [1.165, 1.54) is 30.0 Å². The van der Waals surface area contributed by atoms with E-state index < -0.39 is 0 Å². The van der Waals surface area contributed by atoms with E-state index >= 15 is 0 Å². The highest BCUT2D eigenvalue weighted by molar-refractivity contribution is 8.14. The fourth-order valence-electron chi connectivity index (χ4n) is 4.01. The number of nitrogens with one attached hydrogen (secondary N) is 2. The Labute approximate surface area is 158 Å². The molecule has 4 nitrogen and oxygen atoms in total. The molecule has 2 aromatic carbocycles. The number of aliphatic imine (C=N–C) groups is 1. The Balaban J connectivity index is 1.40. The van der Waals surface area contributed by atoms with Crippen LogP contribution in [0.15, 0.2) is 41.4 Å². The Morgan fingerprint density at radius 3 is 2.88 bits per heavy atom. The molecule has 1 fully saturated rings. The number of carbonyl (C=O) groups excluding carboxylic acids is 1. The first-order valence-electron chi connectivity index (χ1n) is 9.41. The zero-order valence-corrected chi connectivity index (χ0v) is 16.1. The zero-order valence-electron chi connectivity index (χ0n) is 15.3. The molecule has 1 aliphatic heterocycles. The smallest absolute Gasteiger partial charge is 0.230 e. The van der Waals surface area contributed by atoms with E-state index in [4.69, 9.17) is 4.99 Å². The molecule has 2 aromatic rings. The summed E-state index contributed by atoms with van der Waals surface area (Å²) >= 11 is 1.47. The van der Waals surface area contributed by atoms with Crippen LogP contribution in [0.3, 0.4) is 0 Å². The molecule has 0 bridgehead atoms. The summed E-state index contributed by atoms with van der Waals surface area (Å²) in [4.78, 5) is 17.1. The number of amidine groups is 1. The van der Waals surface area contributed by atoms with Gasteiger partial charge in [-0.05, 0) is 35.8 Å². The number of carbonyl (C=O) groups is 1. The van der Waals surface area contributed by atoms with Gasteiger partial charge in [-0.1, -0.05) is 62.7 Å². The molecule has 0 unspecified atom stereocenters. The van der Waals surface area contributed by atoms with Gasteiger partial charge in [0.2, 0.25) is 5.91 Å². The number of amides is 1. The summed E-state index contributed by atoms with van der Waals surface area (Å²) in [6, 6.07) is 12.7. The third-order valence-corrected chi connectivity index (χ3v) is 6.61. The van der Waals surface area contributed by atoms with E-state index in [0.29, 0.717) is 23.6 Å². The highest BCUT2D eigenvalue weighted by Gasteiger charge is 2.28. The molecule has 3 atom stereocenters. The fourth-order valence-corrected chi connectivity index (χ4v) is 4.70. The maximum Gasteiger partial charge on any atom is 0.230 e. The summed E-state index contributed by atoms with van der Waals surface area (Å²) in [5.41, 5.74) is 2.03. The number of rotatable bonds is 3. The van der Waals surface area contributed by atoms with Gasteiger partial charge < -0.3 is 10.6 Å². The highest BCUT2D eigenvalue weighted by Crippen LogP contribution is 2.37. The van der Waals surface area contributed by atoms with Crippen LogP contribution >= 0.6 is 11.8 Å². The molecular formula is C21H25N3OS. The second-order valence-corrected chi connectivity index (χ2v) is 8.42. The molecule has 4 rings (SSSR count). The maximum atomic E-state index is 12.4. The van der Waals surface area contributed by atoms with Crippen molar-refractivity contribution in [1.82, 2.24) is 5.32 Å². The van der Waals surface area contributed by atoms with E-state index in [-0.39, 0.29) is 5.91 Å². The lowest BCUT2D eigenvalue weighted by molar-refractivity contribution is -0.119. The summed E-state index contributed by atoms with van der Waals surface area (Å²) in [5.74, 6) is 1.72. The highest BCUT2D eigenvalue weighted by atomic mass is 32.2. The van der Waals surface area contributed by atoms with Crippen molar-refractivity contribution in [2.24, 2.45) is 16.8 Å². The molecular weight excluding hydrogens is 342 g/mol. The Morgan fingerprint density at radius 2 is 2.04 bits per heavy atom. The predicted molar refractivity (Wildman–Crippen MR) is 111 cm³/mol. The van der Waals surface area contributed by atoms with Crippen LogP contribution in [0.2, 0.25) is 0 Å². The fraction of sp³-hybridized carbons (Fsp3) is 0.429. The molecule has 0 spiro atoms. The first kappa shape index (κ1) is 17.4. The quantitative estimate of drug-likeness (QED) is 0.809. The van der Waals surface area contributed by atoms with Gasteiger partial charge in [0, 0.05) is 11.4 Å². The van der Waals surface area contributed by atoms with Crippen LogP contribution in [0, 0.1) is 11.8 Å². The molecule has 5 heteroatoms. The van der Waals surface area contributed by atoms with E-state index in [1.807, 2.05) is 18.2 Å². The van der Waals surface area contributed by atoms with Crippen molar-refractivity contribution in [1.29, 1.82) is 0 Å². The minimum Gasteiger partial charge on any atom is -0.352 e. The minimum absolute atomic E-state index is 0.0996. The van der Waals surface area contributed by atoms with Crippen LogP contribution < -0.4 is 10.6 Å². The summed E-state index contributed by atoms with van der Waals surface area (Å²) in [6.45, 7) is 4.54. The molecule has 2 N–H and O–H groups in total. The van der Waals surface area contributed by atoms with Gasteiger partial charge >= 0.3 is 0 Å². The monoisotopic (exact) mass is 367 g/mol. The van der Waals surface area contributed by atoms with Gasteiger partial charge in [-0.15, -0.1) is 0 Å². The molecule has 1 aliphatic carbocycles. The SMILES string of the molecule is C[C@@H]1[C@H](C)CCC[C@H]1NC(=O)CSC1=Nc2cccc3cccc(c23)N1. The number of nitrogens with zero attached hydrogens (tertiary/aromatic N) is 1. The summed E-state index contributed by atoms with van der Waals surface area (Å²) in [6.07, 6.45) is 3.57. The van der Waals surface area contributed by atoms with Crippen LogP contribution in [0.4, 0.5) is 11.4 Å². The first-order valence-corrected chi connectivity index (χ1v) is 10.4. The van der Waals surface area contributed by atoms with Crippen molar-refractivity contribution in [3.8, 4) is 0 Å². The van der Waals surface area contributed by atoms with E-state index in [0.717, 1.165) is 28.3 Å². The number of hydrogen-bond acceptors (Lipinski definition) is 4. The van der Waals surface area contributed by atoms with Gasteiger partial charge in [0.25, 0.3) is 0 Å². The van der Waals surface area contributed by atoms with Gasteiger partial charge in [0.05, 0.1) is 17.1 Å². The topological polar surface area (TPSA) is 53.5 Å². The Morgan fingerprint density at radius 1 is 1.23 bits per heavy atom. The first-order chi connectivity index (χ1) is 12.6. The largest absolute Gasteiger partial charge is 0.352 e. The summed E-state index contributed by atoms with van der Waals surface area (Å²) in [7, 11) is 0. The molecule has 1 saturated carbocycles. The van der Waals surface area contributed by atoms with Crippen molar-refractivity contribution in [3.05, 3.63) is 36.4 Å². The lowest BCUT2D eigenvalue weighted by Gasteiger charge is -2.34. The molecule has 136 valence electrons. The van der Waals surface area contributed by atoms with E-state index in [2.05, 4.69) is 42.7 Å². The number of benzene rings is 2. The van der Waals surface area contributed by atoms with Crippen molar-refractivity contribution in [2.45, 2.75) is 39.2 Å². The van der Waals surface area contributed by atoms with Crippen LogP contribution in [0.1, 0.15) is 33.1 Å². The van der Waals surface area contributed by atoms with E-state index in [1.54, 1.807) is 0 Å². The van der Waals surface area contributed by atoms with E-state index in [9.17, 15) is 4.79 Å². The molecule has 0 aromatic heterocycles. The zero-order chi connectivity index (χ0) is 18.1. The maximum absolute atomic E-state index is 12.4. The molecule has 0 radical (unpaired) electrons. The standard InChI is InChI=1S/C21H25N3OS/c1-13-6-3-9-16(14(13)2)22-19(25)12-26-21-23-17-10-4-7-15-8-5-11-18(24-21)20(15)17/h4-5,7-8,10-11,13-14,16H,3,6,9,12H2,1-2H3,(H,22,25)(H,23,24)/t13-,14-,16-/m1/s1. The van der Waals surface area contributed by atoms with Crippen molar-refractivity contribution >= 4 is 45.0 Å². The van der Waals surface area contributed by atoms with Crippen LogP contribution in [0.5, 0.6) is 0 Å². The molecule has 1 amide bonds. The van der Waals surface area contributed by atoms with Crippen molar-refractivity contribution < 1.29 is 4.79 Å². The summed E-state index contributed by atoms with van der Waals surface area (Å²) in [5, 5.41) is 9.72. The van der Waals surface area contributed by atoms with Gasteiger partial charge in [0.15, 0.2) is 5.17 Å².